The van der Waals surface area contributed by atoms with E-state index in [-0.39, 0.29) is 12.6 Å². The van der Waals surface area contributed by atoms with E-state index >= 15 is 0 Å². The highest BCUT2D eigenvalue weighted by Crippen LogP contribution is 2.27. The Kier molecular flexibility index (Phi) is 4.73. The molecule has 1 aromatic rings. The van der Waals surface area contributed by atoms with E-state index in [9.17, 15) is 9.90 Å². The zero-order valence-corrected chi connectivity index (χ0v) is 11.3. The number of esters is 1. The van der Waals surface area contributed by atoms with Crippen molar-refractivity contribution in [1.82, 2.24) is 0 Å². The lowest BCUT2D eigenvalue weighted by Gasteiger charge is -2.23. The molecule has 0 spiro atoms. The van der Waals surface area contributed by atoms with E-state index in [2.05, 4.69) is 0 Å². The molecule has 0 saturated heterocycles. The molecule has 4 heteroatoms. The summed E-state index contributed by atoms with van der Waals surface area (Å²) in [5, 5.41) is 9.62. The molecule has 0 amide bonds. The van der Waals surface area contributed by atoms with Crippen molar-refractivity contribution in [3.63, 3.8) is 0 Å². The number of carbonyl (C=O) groups excluding carboxylic acids is 1. The maximum absolute atomic E-state index is 11.5. The van der Waals surface area contributed by atoms with Gasteiger partial charge in [0.05, 0.1) is 18.6 Å². The Bertz CT molecular complexity index is 410. The van der Waals surface area contributed by atoms with Crippen LogP contribution in [-0.4, -0.2) is 24.8 Å². The molecule has 0 aromatic heterocycles. The number of para-hydroxylation sites is 1. The third-order valence-electron chi connectivity index (χ3n) is 2.70. The summed E-state index contributed by atoms with van der Waals surface area (Å²) in [7, 11) is 1.35. The molecule has 0 heterocycles. The van der Waals surface area contributed by atoms with Crippen LogP contribution < -0.4 is 4.74 Å². The van der Waals surface area contributed by atoms with E-state index in [0.29, 0.717) is 11.3 Å². The number of carbonyl (C=O) groups is 1. The molecule has 0 aliphatic carbocycles. The van der Waals surface area contributed by atoms with Gasteiger partial charge in [-0.15, -0.1) is 0 Å². The molecular weight excluding hydrogens is 232 g/mol. The fourth-order valence-electron chi connectivity index (χ4n) is 1.55. The van der Waals surface area contributed by atoms with Gasteiger partial charge in [-0.05, 0) is 26.8 Å². The van der Waals surface area contributed by atoms with Gasteiger partial charge in [0.1, 0.15) is 12.4 Å². The molecule has 1 N–H and O–H groups in total. The lowest BCUT2D eigenvalue weighted by molar-refractivity contribution is -0.152. The molecular formula is C14H20O4. The van der Waals surface area contributed by atoms with Crippen LogP contribution in [0.5, 0.6) is 5.75 Å². The molecule has 0 bridgehead atoms. The Morgan fingerprint density at radius 3 is 2.56 bits per heavy atom. The number of rotatable bonds is 5. The van der Waals surface area contributed by atoms with Gasteiger partial charge in [-0.2, -0.15) is 0 Å². The van der Waals surface area contributed by atoms with Crippen LogP contribution in [0.3, 0.4) is 0 Å². The first kappa shape index (κ1) is 14.5. The second kappa shape index (κ2) is 5.87. The van der Waals surface area contributed by atoms with Crippen LogP contribution >= 0.6 is 0 Å². The van der Waals surface area contributed by atoms with Crippen LogP contribution in [0.25, 0.3) is 0 Å². The molecule has 0 aliphatic rings. The van der Waals surface area contributed by atoms with Crippen molar-refractivity contribution < 1.29 is 19.4 Å². The van der Waals surface area contributed by atoms with Crippen molar-refractivity contribution in [2.75, 3.05) is 13.7 Å². The number of aliphatic hydroxyl groups is 1. The van der Waals surface area contributed by atoms with Gasteiger partial charge >= 0.3 is 5.97 Å². The highest BCUT2D eigenvalue weighted by atomic mass is 16.5. The minimum Gasteiger partial charge on any atom is -0.492 e. The second-order valence-corrected chi connectivity index (χ2v) is 4.88. The third-order valence-corrected chi connectivity index (χ3v) is 2.70. The predicted octanol–water partition coefficient (Wildman–Crippen LogP) is 2.32. The molecule has 1 aromatic carbocycles. The molecule has 0 saturated carbocycles. The minimum atomic E-state index is -0.722. The summed E-state index contributed by atoms with van der Waals surface area (Å²) in [4.78, 5) is 11.5. The summed E-state index contributed by atoms with van der Waals surface area (Å²) in [5.74, 6) is 0.265. The van der Waals surface area contributed by atoms with Crippen molar-refractivity contribution in [1.29, 1.82) is 0 Å². The average molecular weight is 252 g/mol. The quantitative estimate of drug-likeness (QED) is 0.817. The Hall–Kier alpha value is -1.55. The van der Waals surface area contributed by atoms with Crippen LogP contribution in [0.4, 0.5) is 0 Å². The average Bonchev–Trinajstić information content (AvgIpc) is 2.35. The maximum atomic E-state index is 11.5. The summed E-state index contributed by atoms with van der Waals surface area (Å²) < 4.78 is 10.3. The molecule has 1 unspecified atom stereocenters. The zero-order chi connectivity index (χ0) is 13.8. The second-order valence-electron chi connectivity index (χ2n) is 4.88. The van der Waals surface area contributed by atoms with Crippen molar-refractivity contribution in [2.24, 2.45) is 5.41 Å². The van der Waals surface area contributed by atoms with Crippen LogP contribution in [0, 0.1) is 5.41 Å². The first-order chi connectivity index (χ1) is 8.38. The molecule has 1 rings (SSSR count). The van der Waals surface area contributed by atoms with Crippen LogP contribution in [0.1, 0.15) is 32.4 Å². The number of hydrogen-bond acceptors (Lipinski definition) is 4. The lowest BCUT2D eigenvalue weighted by Crippen LogP contribution is -2.32. The van der Waals surface area contributed by atoms with Gasteiger partial charge < -0.3 is 14.6 Å². The van der Waals surface area contributed by atoms with Crippen molar-refractivity contribution >= 4 is 5.97 Å². The summed E-state index contributed by atoms with van der Waals surface area (Å²) in [6, 6.07) is 7.23. The van der Waals surface area contributed by atoms with Gasteiger partial charge in [0, 0.05) is 5.56 Å². The summed E-state index contributed by atoms with van der Waals surface area (Å²) in [5.41, 5.74) is -0.0150. The smallest absolute Gasteiger partial charge is 0.314 e. The van der Waals surface area contributed by atoms with E-state index in [4.69, 9.17) is 9.47 Å². The van der Waals surface area contributed by atoms with E-state index < -0.39 is 11.5 Å². The third kappa shape index (κ3) is 3.47. The normalized spacial score (nSPS) is 12.9. The zero-order valence-electron chi connectivity index (χ0n) is 11.3. The molecule has 0 radical (unpaired) electrons. The molecule has 0 aliphatic heterocycles. The number of benzene rings is 1. The standard InChI is InChI=1S/C14H20O4/c1-10(15)11-7-5-6-8-12(11)18-9-14(2,3)13(16)17-4/h5-8,10,15H,9H2,1-4H3. The number of hydrogen-bond donors (Lipinski definition) is 1. The largest absolute Gasteiger partial charge is 0.492 e. The van der Waals surface area contributed by atoms with Crippen LogP contribution in [0.2, 0.25) is 0 Å². The fraction of sp³-hybridized carbons (Fsp3) is 0.500. The Morgan fingerprint density at radius 2 is 2.00 bits per heavy atom. The number of aliphatic hydroxyl groups excluding tert-OH is 1. The van der Waals surface area contributed by atoms with Gasteiger partial charge in [0.25, 0.3) is 0 Å². The topological polar surface area (TPSA) is 55.8 Å². The summed E-state index contributed by atoms with van der Waals surface area (Å²) in [6.45, 7) is 5.38. The van der Waals surface area contributed by atoms with E-state index in [1.165, 1.54) is 7.11 Å². The Labute approximate surface area is 108 Å². The van der Waals surface area contributed by atoms with Gasteiger partial charge in [-0.3, -0.25) is 4.79 Å². The Balaban J connectivity index is 2.78. The fourth-order valence-corrected chi connectivity index (χ4v) is 1.55. The predicted molar refractivity (Wildman–Crippen MR) is 68.4 cm³/mol. The van der Waals surface area contributed by atoms with Crippen LogP contribution in [-0.2, 0) is 9.53 Å². The summed E-state index contributed by atoms with van der Waals surface area (Å²) in [6.07, 6.45) is -0.609. The van der Waals surface area contributed by atoms with E-state index in [1.54, 1.807) is 32.9 Å². The summed E-state index contributed by atoms with van der Waals surface area (Å²) >= 11 is 0. The molecule has 1 atom stereocenters. The Morgan fingerprint density at radius 1 is 1.39 bits per heavy atom. The van der Waals surface area contributed by atoms with Crippen molar-refractivity contribution in [3.05, 3.63) is 29.8 Å². The number of ether oxygens (including phenoxy) is 2. The molecule has 100 valence electrons. The van der Waals surface area contributed by atoms with Gasteiger partial charge in [0.15, 0.2) is 0 Å². The van der Waals surface area contributed by atoms with Gasteiger partial charge in [-0.25, -0.2) is 0 Å². The van der Waals surface area contributed by atoms with Gasteiger partial charge in [-0.1, -0.05) is 18.2 Å². The van der Waals surface area contributed by atoms with E-state index in [0.717, 1.165) is 0 Å². The van der Waals surface area contributed by atoms with Crippen LogP contribution in [0.15, 0.2) is 24.3 Å². The minimum absolute atomic E-state index is 0.198. The highest BCUT2D eigenvalue weighted by molar-refractivity contribution is 5.75. The first-order valence-corrected chi connectivity index (χ1v) is 5.86. The van der Waals surface area contributed by atoms with Crippen molar-refractivity contribution in [2.45, 2.75) is 26.9 Å². The maximum Gasteiger partial charge on any atom is 0.314 e. The first-order valence-electron chi connectivity index (χ1n) is 5.86. The van der Waals surface area contributed by atoms with Crippen molar-refractivity contribution in [3.8, 4) is 5.75 Å². The van der Waals surface area contributed by atoms with Gasteiger partial charge in [0.2, 0.25) is 0 Å². The van der Waals surface area contributed by atoms with E-state index in [1.807, 2.05) is 12.1 Å². The highest BCUT2D eigenvalue weighted by Gasteiger charge is 2.30. The monoisotopic (exact) mass is 252 g/mol. The SMILES string of the molecule is COC(=O)C(C)(C)COc1ccccc1C(C)O. The lowest BCUT2D eigenvalue weighted by atomic mass is 9.95. The molecule has 4 nitrogen and oxygen atoms in total. The number of methoxy groups -OCH3 is 1. The molecule has 18 heavy (non-hydrogen) atoms. The molecule has 0 fully saturated rings.